The van der Waals surface area contributed by atoms with Gasteiger partial charge in [-0.2, -0.15) is 0 Å². The van der Waals surface area contributed by atoms with Gasteiger partial charge in [-0.25, -0.2) is 4.98 Å². The highest BCUT2D eigenvalue weighted by atomic mass is 15.3. The van der Waals surface area contributed by atoms with Crippen molar-refractivity contribution in [2.45, 2.75) is 33.1 Å². The molecular weight excluding hydrogens is 226 g/mol. The smallest absolute Gasteiger partial charge is 0.255 e. The third kappa shape index (κ3) is 2.10. The van der Waals surface area contributed by atoms with Gasteiger partial charge in [0.05, 0.1) is 0 Å². The number of fused-ring (bicyclic) bond motifs is 1. The van der Waals surface area contributed by atoms with Gasteiger partial charge in [0.15, 0.2) is 0 Å². The minimum absolute atomic E-state index is 0.729. The van der Waals surface area contributed by atoms with E-state index in [1.807, 2.05) is 6.92 Å². The molecule has 0 saturated carbocycles. The van der Waals surface area contributed by atoms with Crippen LogP contribution in [-0.4, -0.2) is 32.7 Å². The number of nitrogens with one attached hydrogen (secondary N) is 1. The van der Waals surface area contributed by atoms with Crippen molar-refractivity contribution in [2.75, 3.05) is 13.1 Å². The van der Waals surface area contributed by atoms with Crippen LogP contribution in [0.4, 0.5) is 0 Å². The molecule has 0 aliphatic carbocycles. The molecule has 1 aliphatic heterocycles. The van der Waals surface area contributed by atoms with Gasteiger partial charge in [0, 0.05) is 17.8 Å². The molecule has 1 fully saturated rings. The van der Waals surface area contributed by atoms with Gasteiger partial charge in [-0.3, -0.25) is 4.40 Å². The molecule has 1 atom stereocenters. The monoisotopic (exact) mass is 245 g/mol. The topological polar surface area (TPSA) is 55.1 Å². The lowest BCUT2D eigenvalue weighted by molar-refractivity contribution is 0.522. The van der Waals surface area contributed by atoms with Crippen molar-refractivity contribution in [3.8, 4) is 0 Å². The summed E-state index contributed by atoms with van der Waals surface area (Å²) in [6.07, 6.45) is 3.45. The summed E-state index contributed by atoms with van der Waals surface area (Å²) < 4.78 is 2.08. The fraction of sp³-hybridized carbons (Fsp3) is 0.615. The van der Waals surface area contributed by atoms with Crippen LogP contribution in [0.1, 0.15) is 30.1 Å². The molecule has 0 bridgehead atoms. The molecule has 0 spiro atoms. The second kappa shape index (κ2) is 4.65. The molecule has 1 saturated heterocycles. The Bertz CT molecular complexity index is 554. The first-order chi connectivity index (χ1) is 8.74. The van der Waals surface area contributed by atoms with Gasteiger partial charge in [0.2, 0.25) is 0 Å². The van der Waals surface area contributed by atoms with E-state index >= 15 is 0 Å². The van der Waals surface area contributed by atoms with Crippen molar-refractivity contribution in [1.29, 1.82) is 0 Å². The van der Waals surface area contributed by atoms with E-state index in [9.17, 15) is 0 Å². The predicted octanol–water partition coefficient (Wildman–Crippen LogP) is 1.28. The number of aryl methyl sites for hydroxylation is 3. The lowest BCUT2D eigenvalue weighted by atomic mass is 10.0. The molecule has 0 radical (unpaired) electrons. The highest BCUT2D eigenvalue weighted by Crippen LogP contribution is 2.16. The molecule has 3 rings (SSSR count). The quantitative estimate of drug-likeness (QED) is 0.885. The van der Waals surface area contributed by atoms with Gasteiger partial charge < -0.3 is 5.32 Å². The average Bonchev–Trinajstić information content (AvgIpc) is 2.94. The number of rotatable bonds is 3. The zero-order valence-electron chi connectivity index (χ0n) is 11.0. The zero-order valence-corrected chi connectivity index (χ0v) is 11.0. The lowest BCUT2D eigenvalue weighted by Crippen LogP contribution is -2.10. The van der Waals surface area contributed by atoms with E-state index in [1.165, 1.54) is 18.5 Å². The van der Waals surface area contributed by atoms with Crippen LogP contribution in [0.25, 0.3) is 5.78 Å². The minimum Gasteiger partial charge on any atom is -0.316 e. The average molecular weight is 245 g/mol. The number of hydrogen-bond donors (Lipinski definition) is 1. The fourth-order valence-corrected chi connectivity index (χ4v) is 2.75. The molecule has 5 heteroatoms. The highest BCUT2D eigenvalue weighted by Gasteiger charge is 2.16. The summed E-state index contributed by atoms with van der Waals surface area (Å²) in [5, 5.41) is 11.9. The van der Waals surface area contributed by atoms with Crippen molar-refractivity contribution in [1.82, 2.24) is 24.9 Å². The van der Waals surface area contributed by atoms with Crippen molar-refractivity contribution >= 4 is 5.78 Å². The second-order valence-corrected chi connectivity index (χ2v) is 5.19. The van der Waals surface area contributed by atoms with Gasteiger partial charge in [0.25, 0.3) is 5.78 Å². The molecule has 2 aromatic rings. The summed E-state index contributed by atoms with van der Waals surface area (Å²) in [6, 6.07) is 2.08. The van der Waals surface area contributed by atoms with Crippen LogP contribution in [0.5, 0.6) is 0 Å². The maximum Gasteiger partial charge on any atom is 0.255 e. The number of nitrogens with zero attached hydrogens (tertiary/aromatic N) is 4. The van der Waals surface area contributed by atoms with Gasteiger partial charge in [0.1, 0.15) is 5.82 Å². The molecule has 0 amide bonds. The zero-order chi connectivity index (χ0) is 12.5. The van der Waals surface area contributed by atoms with Crippen LogP contribution in [0.2, 0.25) is 0 Å². The van der Waals surface area contributed by atoms with Gasteiger partial charge in [-0.15, -0.1) is 10.2 Å². The van der Waals surface area contributed by atoms with Gasteiger partial charge in [-0.1, -0.05) is 0 Å². The maximum absolute atomic E-state index is 4.41. The SMILES string of the molecule is Cc1cc(C)n2c(CCC3CCNC3)nnc2n1. The minimum atomic E-state index is 0.729. The van der Waals surface area contributed by atoms with Crippen LogP contribution in [0.3, 0.4) is 0 Å². The molecule has 96 valence electrons. The molecule has 1 unspecified atom stereocenters. The Labute approximate surface area is 107 Å². The van der Waals surface area contributed by atoms with Crippen LogP contribution in [-0.2, 0) is 6.42 Å². The van der Waals surface area contributed by atoms with Crippen LogP contribution >= 0.6 is 0 Å². The Hall–Kier alpha value is -1.49. The number of aromatic nitrogens is 4. The molecule has 0 aromatic carbocycles. The first kappa shape index (κ1) is 11.6. The maximum atomic E-state index is 4.41. The van der Waals surface area contributed by atoms with Gasteiger partial charge >= 0.3 is 0 Å². The Morgan fingerprint density at radius 2 is 2.28 bits per heavy atom. The van der Waals surface area contributed by atoms with E-state index in [0.29, 0.717) is 0 Å². The first-order valence-electron chi connectivity index (χ1n) is 6.63. The summed E-state index contributed by atoms with van der Waals surface area (Å²) in [5.74, 6) is 2.56. The Balaban J connectivity index is 1.83. The molecule has 2 aromatic heterocycles. The summed E-state index contributed by atoms with van der Waals surface area (Å²) in [5.41, 5.74) is 2.17. The van der Waals surface area contributed by atoms with E-state index in [-0.39, 0.29) is 0 Å². The van der Waals surface area contributed by atoms with Crippen molar-refractivity contribution in [3.63, 3.8) is 0 Å². The van der Waals surface area contributed by atoms with E-state index < -0.39 is 0 Å². The summed E-state index contributed by atoms with van der Waals surface area (Å²) in [7, 11) is 0. The normalized spacial score (nSPS) is 19.8. The third-order valence-corrected chi connectivity index (χ3v) is 3.70. The molecule has 3 heterocycles. The summed E-state index contributed by atoms with van der Waals surface area (Å²) in [4.78, 5) is 4.41. The molecule has 18 heavy (non-hydrogen) atoms. The number of hydrogen-bond acceptors (Lipinski definition) is 4. The first-order valence-corrected chi connectivity index (χ1v) is 6.63. The van der Waals surface area contributed by atoms with Crippen LogP contribution < -0.4 is 5.32 Å². The van der Waals surface area contributed by atoms with E-state index in [0.717, 1.165) is 42.7 Å². The molecule has 5 nitrogen and oxygen atoms in total. The van der Waals surface area contributed by atoms with Crippen LogP contribution in [0, 0.1) is 19.8 Å². The Morgan fingerprint density at radius 3 is 3.06 bits per heavy atom. The van der Waals surface area contributed by atoms with Crippen molar-refractivity contribution in [3.05, 3.63) is 23.3 Å². The second-order valence-electron chi connectivity index (χ2n) is 5.19. The van der Waals surface area contributed by atoms with E-state index in [2.05, 4.69) is 37.9 Å². The summed E-state index contributed by atoms with van der Waals surface area (Å²) in [6.45, 7) is 6.38. The predicted molar refractivity (Wildman–Crippen MR) is 69.6 cm³/mol. The van der Waals surface area contributed by atoms with Crippen LogP contribution in [0.15, 0.2) is 6.07 Å². The Morgan fingerprint density at radius 1 is 1.39 bits per heavy atom. The molecule has 1 N–H and O–H groups in total. The van der Waals surface area contributed by atoms with Crippen molar-refractivity contribution in [2.24, 2.45) is 5.92 Å². The molecular formula is C13H19N5. The van der Waals surface area contributed by atoms with E-state index in [1.54, 1.807) is 0 Å². The Kier molecular flexibility index (Phi) is 2.99. The molecule has 1 aliphatic rings. The lowest BCUT2D eigenvalue weighted by Gasteiger charge is -2.08. The van der Waals surface area contributed by atoms with E-state index in [4.69, 9.17) is 0 Å². The fourth-order valence-electron chi connectivity index (χ4n) is 2.75. The van der Waals surface area contributed by atoms with Gasteiger partial charge in [-0.05, 0) is 51.8 Å². The summed E-state index contributed by atoms with van der Waals surface area (Å²) >= 11 is 0. The third-order valence-electron chi connectivity index (χ3n) is 3.70. The standard InChI is InChI=1S/C13H19N5/c1-9-7-10(2)18-12(16-17-13(18)15-9)4-3-11-5-6-14-8-11/h7,11,14H,3-6,8H2,1-2H3. The largest absolute Gasteiger partial charge is 0.316 e. The highest BCUT2D eigenvalue weighted by molar-refractivity contribution is 5.32. The van der Waals surface area contributed by atoms with Crippen molar-refractivity contribution < 1.29 is 0 Å².